The molecule has 0 unspecified atom stereocenters. The first-order valence-corrected chi connectivity index (χ1v) is 11.3. The number of fused-ring (bicyclic) bond motifs is 1. The molecule has 0 saturated carbocycles. The van der Waals surface area contributed by atoms with Crippen LogP contribution in [0, 0.1) is 0 Å². The molecule has 166 valence electrons. The Morgan fingerprint density at radius 1 is 1.12 bits per heavy atom. The van der Waals surface area contributed by atoms with Gasteiger partial charge in [0.25, 0.3) is 5.56 Å². The second kappa shape index (κ2) is 9.24. The number of esters is 1. The van der Waals surface area contributed by atoms with Crippen LogP contribution in [0.15, 0.2) is 64.1 Å². The van der Waals surface area contributed by atoms with E-state index >= 15 is 0 Å². The summed E-state index contributed by atoms with van der Waals surface area (Å²) in [5.41, 5.74) is 0.631. The first kappa shape index (κ1) is 22.2. The van der Waals surface area contributed by atoms with Gasteiger partial charge in [-0.1, -0.05) is 46.3 Å². The summed E-state index contributed by atoms with van der Waals surface area (Å²) in [4.78, 5) is 44.4. The highest BCUT2D eigenvalue weighted by Crippen LogP contribution is 2.37. The lowest BCUT2D eigenvalue weighted by Crippen LogP contribution is -2.49. The maximum absolute atomic E-state index is 12.9. The Labute approximate surface area is 194 Å². The Bertz CT molecular complexity index is 1200. The molecule has 0 radical (unpaired) electrons. The average molecular weight is 498 g/mol. The second-order valence-electron chi connectivity index (χ2n) is 7.98. The van der Waals surface area contributed by atoms with Crippen molar-refractivity contribution in [2.24, 2.45) is 0 Å². The van der Waals surface area contributed by atoms with Crippen LogP contribution in [0.4, 0.5) is 0 Å². The van der Waals surface area contributed by atoms with E-state index in [-0.39, 0.29) is 30.4 Å². The predicted molar refractivity (Wildman–Crippen MR) is 124 cm³/mol. The van der Waals surface area contributed by atoms with Gasteiger partial charge >= 0.3 is 5.97 Å². The lowest BCUT2D eigenvalue weighted by molar-refractivity contribution is -0.151. The summed E-state index contributed by atoms with van der Waals surface area (Å²) in [5.74, 6) is -0.312. The van der Waals surface area contributed by atoms with Crippen LogP contribution in [0.3, 0.4) is 0 Å². The van der Waals surface area contributed by atoms with Crippen molar-refractivity contribution in [3.63, 3.8) is 0 Å². The van der Waals surface area contributed by atoms with Gasteiger partial charge in [-0.15, -0.1) is 0 Å². The Kier molecular flexibility index (Phi) is 6.41. The number of carbonyl (C=O) groups excluding carboxylic acids is 2. The third kappa shape index (κ3) is 4.19. The van der Waals surface area contributed by atoms with Gasteiger partial charge in [-0.25, -0.2) is 4.98 Å². The van der Waals surface area contributed by atoms with Crippen molar-refractivity contribution in [2.45, 2.75) is 31.2 Å². The van der Waals surface area contributed by atoms with Crippen LogP contribution >= 0.6 is 15.9 Å². The summed E-state index contributed by atoms with van der Waals surface area (Å²) in [6, 6.07) is 15.0. The zero-order valence-corrected chi connectivity index (χ0v) is 19.4. The van der Waals surface area contributed by atoms with Crippen molar-refractivity contribution in [1.29, 1.82) is 0 Å². The highest BCUT2D eigenvalue weighted by molar-refractivity contribution is 9.10. The normalized spacial score (nSPS) is 15.5. The van der Waals surface area contributed by atoms with Crippen molar-refractivity contribution >= 4 is 38.7 Å². The van der Waals surface area contributed by atoms with Gasteiger partial charge in [0.2, 0.25) is 5.91 Å². The summed E-state index contributed by atoms with van der Waals surface area (Å²) in [5, 5.41) is 0.512. The number of likely N-dealkylation sites (tertiary alicyclic amines) is 1. The Balaban J connectivity index is 1.44. The summed E-state index contributed by atoms with van der Waals surface area (Å²) in [7, 11) is 1.40. The van der Waals surface area contributed by atoms with E-state index in [0.29, 0.717) is 36.8 Å². The number of benzene rings is 2. The molecule has 2 aromatic carbocycles. The van der Waals surface area contributed by atoms with Gasteiger partial charge < -0.3 is 9.64 Å². The molecule has 2 heterocycles. The summed E-state index contributed by atoms with van der Waals surface area (Å²) >= 11 is 3.38. The molecule has 1 aliphatic heterocycles. The summed E-state index contributed by atoms with van der Waals surface area (Å²) < 4.78 is 7.39. The van der Waals surface area contributed by atoms with E-state index in [2.05, 4.69) is 20.9 Å². The number of rotatable bonds is 5. The van der Waals surface area contributed by atoms with Crippen LogP contribution in [0.1, 0.15) is 24.8 Å². The largest absolute Gasteiger partial charge is 0.468 e. The van der Waals surface area contributed by atoms with E-state index in [1.807, 2.05) is 36.4 Å². The third-order valence-electron chi connectivity index (χ3n) is 6.22. The molecule has 0 bridgehead atoms. The van der Waals surface area contributed by atoms with Gasteiger partial charge in [0.15, 0.2) is 0 Å². The number of methoxy groups -OCH3 is 1. The third-order valence-corrected chi connectivity index (χ3v) is 6.72. The molecule has 4 rings (SSSR count). The number of halogens is 1. The number of aryl methyl sites for hydroxylation is 1. The molecule has 8 heteroatoms. The van der Waals surface area contributed by atoms with E-state index in [1.165, 1.54) is 18.0 Å². The van der Waals surface area contributed by atoms with Crippen LogP contribution in [0.5, 0.6) is 0 Å². The zero-order chi connectivity index (χ0) is 22.7. The minimum atomic E-state index is -0.737. The lowest BCUT2D eigenvalue weighted by atomic mass is 9.72. The molecular formula is C24H24BrN3O4. The fourth-order valence-corrected chi connectivity index (χ4v) is 4.73. The quantitative estimate of drug-likeness (QED) is 0.505. The number of piperidine rings is 1. The van der Waals surface area contributed by atoms with Crippen LogP contribution < -0.4 is 5.56 Å². The van der Waals surface area contributed by atoms with Crippen LogP contribution in [0.25, 0.3) is 10.9 Å². The van der Waals surface area contributed by atoms with Gasteiger partial charge in [-0.3, -0.25) is 19.0 Å². The van der Waals surface area contributed by atoms with Crippen molar-refractivity contribution in [2.75, 3.05) is 20.2 Å². The second-order valence-corrected chi connectivity index (χ2v) is 8.89. The van der Waals surface area contributed by atoms with Crippen molar-refractivity contribution < 1.29 is 14.3 Å². The number of aromatic nitrogens is 2. The molecule has 3 aromatic rings. The molecule has 1 aromatic heterocycles. The molecule has 1 fully saturated rings. The molecule has 0 atom stereocenters. The number of nitrogens with zero attached hydrogens (tertiary/aromatic N) is 3. The smallest absolute Gasteiger partial charge is 0.316 e. The Hall–Kier alpha value is -3.00. The molecule has 0 aliphatic carbocycles. The first-order chi connectivity index (χ1) is 15.4. The number of carbonyl (C=O) groups is 2. The van der Waals surface area contributed by atoms with Crippen molar-refractivity contribution in [3.05, 3.63) is 75.2 Å². The van der Waals surface area contributed by atoms with Gasteiger partial charge in [0, 0.05) is 30.5 Å². The fraction of sp³-hybridized carbons (Fsp3) is 0.333. The minimum Gasteiger partial charge on any atom is -0.468 e. The number of hydrogen-bond acceptors (Lipinski definition) is 5. The number of hydrogen-bond donors (Lipinski definition) is 0. The fourth-order valence-electron chi connectivity index (χ4n) is 4.37. The van der Waals surface area contributed by atoms with Gasteiger partial charge in [0.05, 0.1) is 29.8 Å². The topological polar surface area (TPSA) is 81.5 Å². The zero-order valence-electron chi connectivity index (χ0n) is 17.8. The van der Waals surface area contributed by atoms with Crippen molar-refractivity contribution in [1.82, 2.24) is 14.5 Å². The molecule has 7 nitrogen and oxygen atoms in total. The molecule has 1 saturated heterocycles. The monoisotopic (exact) mass is 497 g/mol. The molecule has 1 amide bonds. The van der Waals surface area contributed by atoms with Crippen molar-refractivity contribution in [3.8, 4) is 0 Å². The van der Waals surface area contributed by atoms with Crippen LogP contribution in [-0.2, 0) is 26.3 Å². The molecule has 0 spiro atoms. The van der Waals surface area contributed by atoms with Gasteiger partial charge in [-0.05, 0) is 36.6 Å². The number of amides is 1. The lowest BCUT2D eigenvalue weighted by Gasteiger charge is -2.40. The first-order valence-electron chi connectivity index (χ1n) is 10.5. The standard InChI is InChI=1S/C24H24BrN3O4/c1-32-23(31)24(17-5-3-2-4-6-17)10-13-27(14-11-24)21(29)9-12-28-16-26-20-8-7-18(25)15-19(20)22(28)30/h2-8,15-16H,9-14H2,1H3. The molecule has 0 N–H and O–H groups in total. The number of ether oxygens (including phenoxy) is 1. The minimum absolute atomic E-state index is 0.0437. The molecular weight excluding hydrogens is 474 g/mol. The van der Waals surface area contributed by atoms with E-state index in [4.69, 9.17) is 4.74 Å². The van der Waals surface area contributed by atoms with Crippen LogP contribution in [-0.4, -0.2) is 46.5 Å². The van der Waals surface area contributed by atoms with Gasteiger partial charge in [0.1, 0.15) is 0 Å². The van der Waals surface area contributed by atoms with E-state index in [1.54, 1.807) is 17.0 Å². The predicted octanol–water partition coefficient (Wildman–Crippen LogP) is 3.28. The van der Waals surface area contributed by atoms with E-state index in [0.717, 1.165) is 10.0 Å². The maximum atomic E-state index is 12.9. The highest BCUT2D eigenvalue weighted by atomic mass is 79.9. The highest BCUT2D eigenvalue weighted by Gasteiger charge is 2.44. The maximum Gasteiger partial charge on any atom is 0.316 e. The Morgan fingerprint density at radius 2 is 1.84 bits per heavy atom. The summed E-state index contributed by atoms with van der Waals surface area (Å²) in [6.45, 7) is 1.17. The summed E-state index contributed by atoms with van der Waals surface area (Å²) in [6.07, 6.45) is 2.68. The van der Waals surface area contributed by atoms with E-state index in [9.17, 15) is 14.4 Å². The SMILES string of the molecule is COC(=O)C1(c2ccccc2)CCN(C(=O)CCn2cnc3ccc(Br)cc3c2=O)CC1. The van der Waals surface area contributed by atoms with E-state index < -0.39 is 5.41 Å². The Morgan fingerprint density at radius 3 is 2.53 bits per heavy atom. The average Bonchev–Trinajstić information content (AvgIpc) is 2.84. The van der Waals surface area contributed by atoms with Gasteiger partial charge in [-0.2, -0.15) is 0 Å². The molecule has 32 heavy (non-hydrogen) atoms. The molecule has 1 aliphatic rings. The van der Waals surface area contributed by atoms with Crippen LogP contribution in [0.2, 0.25) is 0 Å².